The van der Waals surface area contributed by atoms with E-state index in [1.54, 1.807) is 0 Å². The maximum absolute atomic E-state index is 13.5. The molecule has 108 valence electrons. The predicted molar refractivity (Wildman–Crippen MR) is 69.2 cm³/mol. The lowest BCUT2D eigenvalue weighted by Gasteiger charge is -2.21. The molecule has 1 fully saturated rings. The van der Waals surface area contributed by atoms with Gasteiger partial charge in [-0.05, 0) is 31.0 Å². The number of hydrogen-bond donors (Lipinski definition) is 3. The molecule has 6 nitrogen and oxygen atoms in total. The number of aromatic carboxylic acids is 1. The highest BCUT2D eigenvalue weighted by atomic mass is 19.1. The number of rotatable bonds is 5. The molecule has 0 atom stereocenters. The molecule has 1 aromatic carbocycles. The first-order valence-electron chi connectivity index (χ1n) is 6.24. The average molecular weight is 282 g/mol. The number of carbonyl (C=O) groups excluding carboxylic acids is 1. The number of amides is 2. The van der Waals surface area contributed by atoms with E-state index in [9.17, 15) is 14.0 Å². The van der Waals surface area contributed by atoms with E-state index < -0.39 is 23.4 Å². The predicted octanol–water partition coefficient (Wildman–Crippen LogP) is 1.51. The van der Waals surface area contributed by atoms with Gasteiger partial charge in [0, 0.05) is 18.3 Å². The van der Waals surface area contributed by atoms with Crippen LogP contribution in [0.5, 0.6) is 0 Å². The number of nitrogens with zero attached hydrogens (tertiary/aromatic N) is 1. The van der Waals surface area contributed by atoms with Crippen molar-refractivity contribution < 1.29 is 24.2 Å². The lowest BCUT2D eigenvalue weighted by Crippen LogP contribution is -2.38. The molecule has 0 bridgehead atoms. The maximum atomic E-state index is 13.5. The van der Waals surface area contributed by atoms with Gasteiger partial charge in [0.2, 0.25) is 0 Å². The second-order valence-electron chi connectivity index (χ2n) is 4.58. The molecular formula is C13H15FN2O4. The highest BCUT2D eigenvalue weighted by molar-refractivity contribution is 5.92. The van der Waals surface area contributed by atoms with Gasteiger partial charge < -0.3 is 20.4 Å². The van der Waals surface area contributed by atoms with E-state index >= 15 is 0 Å². The van der Waals surface area contributed by atoms with Crippen molar-refractivity contribution in [3.63, 3.8) is 0 Å². The van der Waals surface area contributed by atoms with Crippen LogP contribution in [0.2, 0.25) is 0 Å². The number of carboxylic acids is 1. The van der Waals surface area contributed by atoms with Crippen LogP contribution in [0.4, 0.5) is 14.9 Å². The summed E-state index contributed by atoms with van der Waals surface area (Å²) >= 11 is 0. The number of aliphatic hydroxyl groups is 1. The van der Waals surface area contributed by atoms with Crippen LogP contribution < -0.4 is 5.32 Å². The summed E-state index contributed by atoms with van der Waals surface area (Å²) in [4.78, 5) is 24.2. The molecule has 2 amide bonds. The van der Waals surface area contributed by atoms with Crippen LogP contribution in [-0.4, -0.2) is 46.3 Å². The first-order valence-corrected chi connectivity index (χ1v) is 6.24. The summed E-state index contributed by atoms with van der Waals surface area (Å²) in [5.41, 5.74) is -0.265. The number of carbonyl (C=O) groups is 2. The van der Waals surface area contributed by atoms with Gasteiger partial charge in [0.15, 0.2) is 0 Å². The Balaban J connectivity index is 2.07. The Hall–Kier alpha value is -2.15. The molecule has 1 saturated carbocycles. The lowest BCUT2D eigenvalue weighted by atomic mass is 10.2. The van der Waals surface area contributed by atoms with Crippen molar-refractivity contribution in [2.75, 3.05) is 18.5 Å². The quantitative estimate of drug-likeness (QED) is 0.763. The van der Waals surface area contributed by atoms with Crippen molar-refractivity contribution in [1.82, 2.24) is 4.90 Å². The standard InChI is InChI=1S/C13H15FN2O4/c14-11-7-8(1-4-10(11)12(18)19)15-13(20)16(5-6-17)9-2-3-9/h1,4,7,9,17H,2-3,5-6H2,(H,15,20)(H,18,19). The topological polar surface area (TPSA) is 89.9 Å². The van der Waals surface area contributed by atoms with Crippen molar-refractivity contribution >= 4 is 17.7 Å². The molecule has 0 aliphatic heterocycles. The molecule has 0 unspecified atom stereocenters. The average Bonchev–Trinajstić information content (AvgIpc) is 3.19. The van der Waals surface area contributed by atoms with E-state index in [-0.39, 0.29) is 24.9 Å². The number of halogens is 1. The molecule has 0 saturated heterocycles. The number of urea groups is 1. The van der Waals surface area contributed by atoms with Crippen molar-refractivity contribution in [2.24, 2.45) is 0 Å². The molecule has 1 aliphatic carbocycles. The number of nitrogens with one attached hydrogen (secondary N) is 1. The largest absolute Gasteiger partial charge is 0.478 e. The van der Waals surface area contributed by atoms with Gasteiger partial charge >= 0.3 is 12.0 Å². The molecule has 7 heteroatoms. The first kappa shape index (κ1) is 14.3. The fourth-order valence-electron chi connectivity index (χ4n) is 1.91. The molecule has 1 aliphatic rings. The smallest absolute Gasteiger partial charge is 0.338 e. The minimum atomic E-state index is -1.36. The Labute approximate surface area is 114 Å². The van der Waals surface area contributed by atoms with E-state index in [0.717, 1.165) is 25.0 Å². The van der Waals surface area contributed by atoms with Crippen molar-refractivity contribution in [3.05, 3.63) is 29.6 Å². The number of carboxylic acid groups (broad SMARTS) is 1. The van der Waals surface area contributed by atoms with Crippen LogP contribution in [0.1, 0.15) is 23.2 Å². The zero-order valence-electron chi connectivity index (χ0n) is 10.7. The van der Waals surface area contributed by atoms with Crippen molar-refractivity contribution in [3.8, 4) is 0 Å². The normalized spacial score (nSPS) is 13.9. The molecule has 0 spiro atoms. The highest BCUT2D eigenvalue weighted by Gasteiger charge is 2.32. The summed E-state index contributed by atoms with van der Waals surface area (Å²) in [6.45, 7) is 0.0718. The third-order valence-corrected chi connectivity index (χ3v) is 3.04. The summed E-state index contributed by atoms with van der Waals surface area (Å²) in [5.74, 6) is -2.27. The van der Waals surface area contributed by atoms with Crippen LogP contribution >= 0.6 is 0 Å². The first-order chi connectivity index (χ1) is 9.52. The van der Waals surface area contributed by atoms with Gasteiger partial charge in [-0.25, -0.2) is 14.0 Å². The third kappa shape index (κ3) is 3.24. The van der Waals surface area contributed by atoms with Crippen LogP contribution in [0.25, 0.3) is 0 Å². The van der Waals surface area contributed by atoms with E-state index in [0.29, 0.717) is 0 Å². The number of benzene rings is 1. The van der Waals surface area contributed by atoms with Gasteiger partial charge in [-0.1, -0.05) is 0 Å². The zero-order chi connectivity index (χ0) is 14.7. The van der Waals surface area contributed by atoms with Crippen molar-refractivity contribution in [2.45, 2.75) is 18.9 Å². The van der Waals surface area contributed by atoms with Gasteiger partial charge in [-0.2, -0.15) is 0 Å². The Kier molecular flexibility index (Phi) is 4.19. The van der Waals surface area contributed by atoms with E-state index in [1.807, 2.05) is 0 Å². The summed E-state index contributed by atoms with van der Waals surface area (Å²) in [6.07, 6.45) is 1.78. The molecular weight excluding hydrogens is 267 g/mol. The molecule has 0 heterocycles. The van der Waals surface area contributed by atoms with Crippen LogP contribution in [0, 0.1) is 5.82 Å². The summed E-state index contributed by atoms with van der Waals surface area (Å²) < 4.78 is 13.5. The summed E-state index contributed by atoms with van der Waals surface area (Å²) in [5, 5.41) is 20.1. The molecule has 3 N–H and O–H groups in total. The van der Waals surface area contributed by atoms with Gasteiger partial charge in [0.25, 0.3) is 0 Å². The number of aliphatic hydroxyl groups excluding tert-OH is 1. The monoisotopic (exact) mass is 282 g/mol. The Morgan fingerprint density at radius 3 is 2.60 bits per heavy atom. The summed E-state index contributed by atoms with van der Waals surface area (Å²) in [7, 11) is 0. The van der Waals surface area contributed by atoms with Gasteiger partial charge in [-0.3, -0.25) is 0 Å². The number of anilines is 1. The maximum Gasteiger partial charge on any atom is 0.338 e. The fraction of sp³-hybridized carbons (Fsp3) is 0.385. The van der Waals surface area contributed by atoms with Gasteiger partial charge in [0.1, 0.15) is 5.82 Å². The highest BCUT2D eigenvalue weighted by Crippen LogP contribution is 2.27. The molecule has 0 radical (unpaired) electrons. The SMILES string of the molecule is O=C(O)c1ccc(NC(=O)N(CCO)C2CC2)cc1F. The van der Waals surface area contributed by atoms with E-state index in [2.05, 4.69) is 5.32 Å². The molecule has 2 rings (SSSR count). The minimum Gasteiger partial charge on any atom is -0.478 e. The lowest BCUT2D eigenvalue weighted by molar-refractivity contribution is 0.0692. The second-order valence-corrected chi connectivity index (χ2v) is 4.58. The van der Waals surface area contributed by atoms with E-state index in [4.69, 9.17) is 10.2 Å². The van der Waals surface area contributed by atoms with Crippen LogP contribution in [0.3, 0.4) is 0 Å². The zero-order valence-corrected chi connectivity index (χ0v) is 10.7. The summed E-state index contributed by atoms with van der Waals surface area (Å²) in [6, 6.07) is 3.08. The Bertz CT molecular complexity index is 531. The molecule has 20 heavy (non-hydrogen) atoms. The second kappa shape index (κ2) is 5.87. The van der Waals surface area contributed by atoms with Gasteiger partial charge in [-0.15, -0.1) is 0 Å². The van der Waals surface area contributed by atoms with Gasteiger partial charge in [0.05, 0.1) is 12.2 Å². The molecule has 0 aromatic heterocycles. The Morgan fingerprint density at radius 2 is 2.10 bits per heavy atom. The fourth-order valence-corrected chi connectivity index (χ4v) is 1.91. The Morgan fingerprint density at radius 1 is 1.40 bits per heavy atom. The van der Waals surface area contributed by atoms with E-state index in [1.165, 1.54) is 11.0 Å². The van der Waals surface area contributed by atoms with Crippen molar-refractivity contribution in [1.29, 1.82) is 0 Å². The number of hydrogen-bond acceptors (Lipinski definition) is 3. The van der Waals surface area contributed by atoms with Crippen LogP contribution in [0.15, 0.2) is 18.2 Å². The van der Waals surface area contributed by atoms with Crippen LogP contribution in [-0.2, 0) is 0 Å². The third-order valence-electron chi connectivity index (χ3n) is 3.04. The minimum absolute atomic E-state index is 0.116. The molecule has 1 aromatic rings.